The van der Waals surface area contributed by atoms with Gasteiger partial charge in [0, 0.05) is 37.6 Å². The number of nitrogens with one attached hydrogen (secondary N) is 4. The highest BCUT2D eigenvalue weighted by Gasteiger charge is 2.18. The van der Waals surface area contributed by atoms with Crippen molar-refractivity contribution in [2.75, 3.05) is 60.8 Å². The molecule has 1 aliphatic heterocycles. The Hall–Kier alpha value is -4.64. The van der Waals surface area contributed by atoms with Crippen LogP contribution in [0.4, 0.5) is 34.5 Å². The predicted octanol–water partition coefficient (Wildman–Crippen LogP) is 3.68. The molecule has 4 rings (SSSR count). The second-order valence-corrected chi connectivity index (χ2v) is 8.29. The highest BCUT2D eigenvalue weighted by Crippen LogP contribution is 2.33. The Bertz CT molecular complexity index is 1310. The monoisotopic (exact) mass is 517 g/mol. The van der Waals surface area contributed by atoms with Crippen LogP contribution in [0.5, 0.6) is 5.75 Å². The van der Waals surface area contributed by atoms with E-state index >= 15 is 0 Å². The van der Waals surface area contributed by atoms with Gasteiger partial charge in [0.25, 0.3) is 5.91 Å². The van der Waals surface area contributed by atoms with Gasteiger partial charge in [-0.1, -0.05) is 18.7 Å². The number of hydrogen-bond donors (Lipinski definition) is 4. The van der Waals surface area contributed by atoms with Gasteiger partial charge in [0.15, 0.2) is 0 Å². The van der Waals surface area contributed by atoms with Gasteiger partial charge in [-0.25, -0.2) is 4.98 Å². The normalized spacial score (nSPS) is 12.8. The van der Waals surface area contributed by atoms with E-state index in [1.54, 1.807) is 31.4 Å². The lowest BCUT2D eigenvalue weighted by Gasteiger charge is -2.29. The van der Waals surface area contributed by atoms with E-state index in [9.17, 15) is 9.59 Å². The number of aromatic nitrogens is 2. The fourth-order valence-corrected chi connectivity index (χ4v) is 3.89. The van der Waals surface area contributed by atoms with E-state index < -0.39 is 0 Å². The van der Waals surface area contributed by atoms with Crippen LogP contribution in [-0.4, -0.2) is 61.7 Å². The largest absolute Gasteiger partial charge is 0.494 e. The Balaban J connectivity index is 1.64. The predicted molar refractivity (Wildman–Crippen MR) is 148 cm³/mol. The molecule has 4 N–H and O–H groups in total. The number of para-hydroxylation sites is 2. The van der Waals surface area contributed by atoms with Crippen molar-refractivity contribution < 1.29 is 19.1 Å². The number of rotatable bonds is 10. The lowest BCUT2D eigenvalue weighted by Crippen LogP contribution is -2.36. The van der Waals surface area contributed by atoms with Crippen molar-refractivity contribution in [1.82, 2.24) is 15.3 Å². The summed E-state index contributed by atoms with van der Waals surface area (Å²) in [6, 6.07) is 12.9. The first-order chi connectivity index (χ1) is 18.5. The third-order valence-corrected chi connectivity index (χ3v) is 5.80. The molecule has 2 heterocycles. The van der Waals surface area contributed by atoms with Crippen LogP contribution < -0.4 is 30.9 Å². The van der Waals surface area contributed by atoms with Gasteiger partial charge in [0.2, 0.25) is 11.9 Å². The van der Waals surface area contributed by atoms with E-state index in [4.69, 9.17) is 9.47 Å². The van der Waals surface area contributed by atoms with Gasteiger partial charge in [-0.2, -0.15) is 4.98 Å². The summed E-state index contributed by atoms with van der Waals surface area (Å²) in [6.45, 7) is 8.75. The van der Waals surface area contributed by atoms with Crippen molar-refractivity contribution in [3.05, 3.63) is 66.9 Å². The topological polar surface area (TPSA) is 130 Å². The second-order valence-electron chi connectivity index (χ2n) is 8.29. The highest BCUT2D eigenvalue weighted by molar-refractivity contribution is 6.03. The molecule has 1 aromatic heterocycles. The lowest BCUT2D eigenvalue weighted by molar-refractivity contribution is -0.111. The molecule has 11 nitrogen and oxygen atoms in total. The molecular formula is C27H31N7O4. The Labute approximate surface area is 221 Å². The molecule has 2 amide bonds. The molecular weight excluding hydrogens is 486 g/mol. The molecule has 1 aliphatic rings. The average molecular weight is 518 g/mol. The summed E-state index contributed by atoms with van der Waals surface area (Å²) in [5, 5.41) is 11.9. The quantitative estimate of drug-likeness (QED) is 0.298. The molecule has 11 heteroatoms. The Morgan fingerprint density at radius 2 is 1.87 bits per heavy atom. The van der Waals surface area contributed by atoms with Gasteiger partial charge in [0.1, 0.15) is 17.1 Å². The molecule has 0 saturated carbocycles. The maximum Gasteiger partial charge on any atom is 0.256 e. The van der Waals surface area contributed by atoms with Crippen LogP contribution in [0.1, 0.15) is 17.3 Å². The summed E-state index contributed by atoms with van der Waals surface area (Å²) in [7, 11) is 1.60. The van der Waals surface area contributed by atoms with E-state index in [1.807, 2.05) is 25.1 Å². The Morgan fingerprint density at radius 1 is 1.11 bits per heavy atom. The summed E-state index contributed by atoms with van der Waals surface area (Å²) < 4.78 is 11.1. The smallest absolute Gasteiger partial charge is 0.256 e. The average Bonchev–Trinajstić information content (AvgIpc) is 2.95. The standard InChI is InChI=1S/C27H31N7O4/c1-4-24(35)30-20-8-6-7-9-21(20)31-25-19(26(36)28-5-2)17-29-27(33-25)32-22-11-10-18(16-23(22)37-3)34-12-14-38-15-13-34/h4,6-11,16-17H,1,5,12-15H2,2-3H3,(H,28,36)(H,30,35)(H2,29,31,32,33). The number of methoxy groups -OCH3 is 1. The maximum absolute atomic E-state index is 12.8. The van der Waals surface area contributed by atoms with Crippen molar-refractivity contribution in [3.8, 4) is 5.75 Å². The van der Waals surface area contributed by atoms with Crippen LogP contribution >= 0.6 is 0 Å². The Morgan fingerprint density at radius 3 is 2.58 bits per heavy atom. The van der Waals surface area contributed by atoms with Crippen molar-refractivity contribution in [2.24, 2.45) is 0 Å². The van der Waals surface area contributed by atoms with Crippen LogP contribution in [0.3, 0.4) is 0 Å². The molecule has 1 saturated heterocycles. The van der Waals surface area contributed by atoms with E-state index in [2.05, 4.69) is 42.7 Å². The first-order valence-corrected chi connectivity index (χ1v) is 12.2. The minimum absolute atomic E-state index is 0.247. The van der Waals surface area contributed by atoms with Crippen molar-refractivity contribution in [3.63, 3.8) is 0 Å². The third-order valence-electron chi connectivity index (χ3n) is 5.80. The first-order valence-electron chi connectivity index (χ1n) is 12.2. The molecule has 0 aliphatic carbocycles. The molecule has 0 radical (unpaired) electrons. The van der Waals surface area contributed by atoms with Gasteiger partial charge in [-0.3, -0.25) is 9.59 Å². The van der Waals surface area contributed by atoms with Crippen LogP contribution in [0.25, 0.3) is 0 Å². The second kappa shape index (κ2) is 12.5. The zero-order valence-corrected chi connectivity index (χ0v) is 21.4. The van der Waals surface area contributed by atoms with Crippen molar-refractivity contribution >= 4 is 46.3 Å². The molecule has 3 aromatic rings. The molecule has 38 heavy (non-hydrogen) atoms. The number of carbonyl (C=O) groups excluding carboxylic acids is 2. The summed E-state index contributed by atoms with van der Waals surface area (Å²) >= 11 is 0. The number of benzene rings is 2. The van der Waals surface area contributed by atoms with E-state index in [0.717, 1.165) is 18.8 Å². The number of anilines is 6. The summed E-state index contributed by atoms with van der Waals surface area (Å²) in [5.41, 5.74) is 3.00. The van der Waals surface area contributed by atoms with Crippen LogP contribution in [0, 0.1) is 0 Å². The molecule has 198 valence electrons. The fourth-order valence-electron chi connectivity index (χ4n) is 3.89. The van der Waals surface area contributed by atoms with Gasteiger partial charge in [-0.05, 0) is 37.3 Å². The third kappa shape index (κ3) is 6.37. The first kappa shape index (κ1) is 26.4. The zero-order valence-electron chi connectivity index (χ0n) is 21.4. The van der Waals surface area contributed by atoms with E-state index in [-0.39, 0.29) is 29.1 Å². The van der Waals surface area contributed by atoms with E-state index in [0.29, 0.717) is 42.6 Å². The minimum Gasteiger partial charge on any atom is -0.494 e. The molecule has 0 unspecified atom stereocenters. The van der Waals surface area contributed by atoms with Gasteiger partial charge in [0.05, 0.1) is 37.4 Å². The van der Waals surface area contributed by atoms with Gasteiger partial charge >= 0.3 is 0 Å². The summed E-state index contributed by atoms with van der Waals surface area (Å²) in [5.74, 6) is 0.447. The molecule has 0 bridgehead atoms. The Kier molecular flexibility index (Phi) is 8.73. The van der Waals surface area contributed by atoms with Gasteiger partial charge in [-0.15, -0.1) is 0 Å². The molecule has 0 spiro atoms. The van der Waals surface area contributed by atoms with Crippen molar-refractivity contribution in [1.29, 1.82) is 0 Å². The fraction of sp³-hybridized carbons (Fsp3) is 0.259. The maximum atomic E-state index is 12.8. The lowest BCUT2D eigenvalue weighted by atomic mass is 10.2. The van der Waals surface area contributed by atoms with E-state index in [1.165, 1.54) is 12.3 Å². The number of hydrogen-bond acceptors (Lipinski definition) is 9. The summed E-state index contributed by atoms with van der Waals surface area (Å²) in [4.78, 5) is 35.8. The number of amides is 2. The van der Waals surface area contributed by atoms with Crippen LogP contribution in [0.15, 0.2) is 61.3 Å². The number of carbonyl (C=O) groups is 2. The number of nitrogens with zero attached hydrogens (tertiary/aromatic N) is 3. The number of ether oxygens (including phenoxy) is 2. The molecule has 1 fully saturated rings. The SMILES string of the molecule is C=CC(=O)Nc1ccccc1Nc1nc(Nc2ccc(N3CCOCC3)cc2OC)ncc1C(=O)NCC. The minimum atomic E-state index is -0.360. The van der Waals surface area contributed by atoms with Crippen molar-refractivity contribution in [2.45, 2.75) is 6.92 Å². The highest BCUT2D eigenvalue weighted by atomic mass is 16.5. The molecule has 0 atom stereocenters. The van der Waals surface area contributed by atoms with Gasteiger partial charge < -0.3 is 35.6 Å². The molecule has 2 aromatic carbocycles. The van der Waals surface area contributed by atoms with Crippen LogP contribution in [-0.2, 0) is 9.53 Å². The summed E-state index contributed by atoms with van der Waals surface area (Å²) in [6.07, 6.45) is 2.63. The van der Waals surface area contributed by atoms with Crippen LogP contribution in [0.2, 0.25) is 0 Å². The zero-order chi connectivity index (χ0) is 26.9. The number of morpholine rings is 1.